The first-order valence-corrected chi connectivity index (χ1v) is 4.85. The summed E-state index contributed by atoms with van der Waals surface area (Å²) in [6, 6.07) is 0. The van der Waals surface area contributed by atoms with Crippen LogP contribution >= 0.6 is 11.6 Å². The second-order valence-electron chi connectivity index (χ2n) is 2.99. The smallest absolute Gasteiger partial charge is 0.263 e. The van der Waals surface area contributed by atoms with Crippen LogP contribution in [0.4, 0.5) is 8.78 Å². The van der Waals surface area contributed by atoms with E-state index in [-0.39, 0.29) is 17.0 Å². The molecule has 0 saturated heterocycles. The van der Waals surface area contributed by atoms with Gasteiger partial charge >= 0.3 is 0 Å². The SMILES string of the molecule is C=C(/C(=C/n1cc(C=O)cn1)CCl)C(F)F. The molecule has 0 N–H and O–H groups in total. The van der Waals surface area contributed by atoms with Crippen molar-refractivity contribution in [2.24, 2.45) is 0 Å². The van der Waals surface area contributed by atoms with Crippen molar-refractivity contribution in [1.82, 2.24) is 9.78 Å². The zero-order valence-corrected chi connectivity index (χ0v) is 8.99. The van der Waals surface area contributed by atoms with E-state index in [4.69, 9.17) is 11.6 Å². The highest BCUT2D eigenvalue weighted by Gasteiger charge is 2.13. The Balaban J connectivity index is 2.95. The molecule has 1 rings (SSSR count). The average molecular weight is 247 g/mol. The molecule has 0 spiro atoms. The highest BCUT2D eigenvalue weighted by molar-refractivity contribution is 6.20. The lowest BCUT2D eigenvalue weighted by Crippen LogP contribution is -2.02. The van der Waals surface area contributed by atoms with Crippen molar-refractivity contribution in [3.05, 3.63) is 35.7 Å². The zero-order valence-electron chi connectivity index (χ0n) is 8.24. The molecule has 0 unspecified atom stereocenters. The van der Waals surface area contributed by atoms with Crippen LogP contribution in [0, 0.1) is 0 Å². The second-order valence-corrected chi connectivity index (χ2v) is 3.25. The Morgan fingerprint density at radius 3 is 2.81 bits per heavy atom. The first-order valence-electron chi connectivity index (χ1n) is 4.31. The molecular weight excluding hydrogens is 238 g/mol. The van der Waals surface area contributed by atoms with Crippen molar-refractivity contribution in [2.75, 3.05) is 5.88 Å². The van der Waals surface area contributed by atoms with Gasteiger partial charge in [-0.2, -0.15) is 5.10 Å². The number of hydrogen-bond donors (Lipinski definition) is 0. The minimum atomic E-state index is -2.66. The van der Waals surface area contributed by atoms with E-state index in [1.165, 1.54) is 23.3 Å². The van der Waals surface area contributed by atoms with Crippen molar-refractivity contribution >= 4 is 24.1 Å². The number of nitrogens with zero attached hydrogens (tertiary/aromatic N) is 2. The van der Waals surface area contributed by atoms with Gasteiger partial charge in [0, 0.05) is 23.8 Å². The summed E-state index contributed by atoms with van der Waals surface area (Å²) in [5.74, 6) is -0.0978. The number of carbonyl (C=O) groups is 1. The van der Waals surface area contributed by atoms with Crippen LogP contribution in [0.1, 0.15) is 10.4 Å². The molecule has 86 valence electrons. The molecule has 6 heteroatoms. The second kappa shape index (κ2) is 5.55. The highest BCUT2D eigenvalue weighted by Crippen LogP contribution is 2.18. The number of aromatic nitrogens is 2. The van der Waals surface area contributed by atoms with Crippen molar-refractivity contribution in [1.29, 1.82) is 0 Å². The van der Waals surface area contributed by atoms with Gasteiger partial charge in [-0.1, -0.05) is 6.58 Å². The molecule has 1 aromatic heterocycles. The normalized spacial score (nSPS) is 11.9. The fourth-order valence-corrected chi connectivity index (χ4v) is 1.23. The summed E-state index contributed by atoms with van der Waals surface area (Å²) in [5, 5.41) is 3.78. The summed E-state index contributed by atoms with van der Waals surface area (Å²) in [5.41, 5.74) is 0.184. The molecule has 0 fully saturated rings. The van der Waals surface area contributed by atoms with Gasteiger partial charge in [-0.25, -0.2) is 13.5 Å². The lowest BCUT2D eigenvalue weighted by Gasteiger charge is -2.06. The van der Waals surface area contributed by atoms with E-state index in [1.807, 2.05) is 0 Å². The molecule has 1 aromatic rings. The third-order valence-electron chi connectivity index (χ3n) is 1.87. The molecule has 1 heterocycles. The van der Waals surface area contributed by atoms with Gasteiger partial charge in [-0.15, -0.1) is 11.6 Å². The Bertz CT molecular complexity index is 426. The summed E-state index contributed by atoms with van der Waals surface area (Å²) >= 11 is 5.52. The van der Waals surface area contributed by atoms with Crippen LogP contribution in [0.5, 0.6) is 0 Å². The Kier molecular flexibility index (Phi) is 4.37. The first-order chi connectivity index (χ1) is 7.58. The minimum absolute atomic E-state index is 0.0978. The molecule has 0 radical (unpaired) electrons. The van der Waals surface area contributed by atoms with Gasteiger partial charge in [-0.3, -0.25) is 4.79 Å². The zero-order chi connectivity index (χ0) is 12.1. The summed E-state index contributed by atoms with van der Waals surface area (Å²) < 4.78 is 26.0. The maximum absolute atomic E-state index is 12.4. The van der Waals surface area contributed by atoms with Crippen LogP contribution in [0.25, 0.3) is 6.20 Å². The molecule has 0 aliphatic rings. The van der Waals surface area contributed by atoms with E-state index >= 15 is 0 Å². The largest absolute Gasteiger partial charge is 0.298 e. The number of allylic oxidation sites excluding steroid dienone is 2. The minimum Gasteiger partial charge on any atom is -0.298 e. The lowest BCUT2D eigenvalue weighted by atomic mass is 10.1. The number of aldehydes is 1. The maximum Gasteiger partial charge on any atom is 0.263 e. The van der Waals surface area contributed by atoms with Crippen molar-refractivity contribution in [3.63, 3.8) is 0 Å². The molecule has 16 heavy (non-hydrogen) atoms. The van der Waals surface area contributed by atoms with Gasteiger partial charge in [0.05, 0.1) is 11.8 Å². The fourth-order valence-electron chi connectivity index (χ4n) is 0.987. The summed E-state index contributed by atoms with van der Waals surface area (Å²) in [7, 11) is 0. The number of hydrogen-bond acceptors (Lipinski definition) is 2. The van der Waals surface area contributed by atoms with E-state index < -0.39 is 6.43 Å². The molecule has 0 saturated carbocycles. The maximum atomic E-state index is 12.4. The van der Waals surface area contributed by atoms with E-state index in [0.29, 0.717) is 11.8 Å². The number of carbonyl (C=O) groups excluding carboxylic acids is 1. The summed E-state index contributed by atoms with van der Waals surface area (Å²) in [6.45, 7) is 3.24. The van der Waals surface area contributed by atoms with Crippen LogP contribution in [0.2, 0.25) is 0 Å². The summed E-state index contributed by atoms with van der Waals surface area (Å²) in [6.07, 6.45) is 1.98. The predicted molar refractivity (Wildman–Crippen MR) is 57.8 cm³/mol. The number of halogens is 3. The lowest BCUT2D eigenvalue weighted by molar-refractivity contribution is 0.112. The van der Waals surface area contributed by atoms with Crippen LogP contribution in [0.15, 0.2) is 30.1 Å². The fraction of sp³-hybridized carbons (Fsp3) is 0.200. The topological polar surface area (TPSA) is 34.9 Å². The van der Waals surface area contributed by atoms with Gasteiger partial charge < -0.3 is 0 Å². The third-order valence-corrected chi connectivity index (χ3v) is 2.15. The van der Waals surface area contributed by atoms with E-state index in [0.717, 1.165) is 0 Å². The molecule has 3 nitrogen and oxygen atoms in total. The van der Waals surface area contributed by atoms with Crippen molar-refractivity contribution in [2.45, 2.75) is 6.43 Å². The molecule has 0 aromatic carbocycles. The molecule has 0 atom stereocenters. The third kappa shape index (κ3) is 3.00. The van der Waals surface area contributed by atoms with E-state index in [1.54, 1.807) is 0 Å². The van der Waals surface area contributed by atoms with Crippen molar-refractivity contribution in [3.8, 4) is 0 Å². The molecule has 0 aliphatic heterocycles. The Labute approximate surface area is 96.0 Å². The van der Waals surface area contributed by atoms with Gasteiger partial charge in [0.2, 0.25) is 0 Å². The Hall–Kier alpha value is -1.49. The molecule has 0 amide bonds. The van der Waals surface area contributed by atoms with Gasteiger partial charge in [0.25, 0.3) is 6.43 Å². The van der Waals surface area contributed by atoms with Gasteiger partial charge in [0.1, 0.15) is 0 Å². The predicted octanol–water partition coefficient (Wildman–Crippen LogP) is 2.60. The van der Waals surface area contributed by atoms with Crippen LogP contribution in [0.3, 0.4) is 0 Å². The number of rotatable bonds is 5. The Morgan fingerprint density at radius 2 is 2.38 bits per heavy atom. The molecule has 0 aliphatic carbocycles. The quantitative estimate of drug-likeness (QED) is 0.455. The standard InChI is InChI=1S/C10H9ClF2N2O/c1-7(10(12)13)9(2-11)5-15-4-8(6-16)3-14-15/h3-6,10H,1-2H2/b9-5+. The summed E-state index contributed by atoms with van der Waals surface area (Å²) in [4.78, 5) is 10.4. The number of alkyl halides is 3. The van der Waals surface area contributed by atoms with E-state index in [2.05, 4.69) is 11.7 Å². The van der Waals surface area contributed by atoms with Crippen LogP contribution in [-0.4, -0.2) is 28.4 Å². The Morgan fingerprint density at radius 1 is 1.69 bits per heavy atom. The first kappa shape index (κ1) is 12.6. The monoisotopic (exact) mass is 246 g/mol. The van der Waals surface area contributed by atoms with Crippen LogP contribution in [-0.2, 0) is 0 Å². The molecule has 0 bridgehead atoms. The average Bonchev–Trinajstić information content (AvgIpc) is 2.72. The van der Waals surface area contributed by atoms with Gasteiger partial charge in [-0.05, 0) is 5.57 Å². The van der Waals surface area contributed by atoms with Crippen molar-refractivity contribution < 1.29 is 13.6 Å². The molecular formula is C10H9ClF2N2O. The van der Waals surface area contributed by atoms with E-state index in [9.17, 15) is 13.6 Å². The van der Waals surface area contributed by atoms with Gasteiger partial charge in [0.15, 0.2) is 6.29 Å². The highest BCUT2D eigenvalue weighted by atomic mass is 35.5. The van der Waals surface area contributed by atoms with Crippen LogP contribution < -0.4 is 0 Å².